The van der Waals surface area contributed by atoms with Gasteiger partial charge < -0.3 is 19.6 Å². The van der Waals surface area contributed by atoms with Crippen molar-refractivity contribution in [3.05, 3.63) is 70.3 Å². The van der Waals surface area contributed by atoms with E-state index in [4.69, 9.17) is 16.3 Å². The number of hydrogen-bond acceptors (Lipinski definition) is 4. The van der Waals surface area contributed by atoms with Gasteiger partial charge in [0, 0.05) is 37.1 Å². The fourth-order valence-electron chi connectivity index (χ4n) is 6.50. The van der Waals surface area contributed by atoms with Crippen molar-refractivity contribution in [1.82, 2.24) is 4.90 Å². The first-order valence-corrected chi connectivity index (χ1v) is 14.1. The molecule has 0 aromatic heterocycles. The lowest BCUT2D eigenvalue weighted by atomic mass is 9.70. The number of hydrogen-bond donors (Lipinski definition) is 1. The number of nitrogens with zero attached hydrogens (tertiary/aromatic N) is 2. The van der Waals surface area contributed by atoms with Gasteiger partial charge in [-0.05, 0) is 79.5 Å². The predicted molar refractivity (Wildman–Crippen MR) is 150 cm³/mol. The standard InChI is InChI=1S/C31H37ClN2O4/c1-21-28(30(36)37)23-10-13-27-26(18-23)34(16-7-5-3-4-6-15-33(2)29(21)35)19-31(20-38-27)14-8-9-22-17-24(32)11-12-25(22)31/h4,6,10-13,17-18,21,28H,3,5,7-9,14-16,19-20H2,1-2H3,(H,36,37)/b6-4-/t21-,28+,31+/m1/s1. The second kappa shape index (κ2) is 11.0. The van der Waals surface area contributed by atoms with Gasteiger partial charge in [0.25, 0.3) is 0 Å². The van der Waals surface area contributed by atoms with E-state index in [0.717, 1.165) is 68.1 Å². The molecule has 2 aromatic carbocycles. The summed E-state index contributed by atoms with van der Waals surface area (Å²) in [6.07, 6.45) is 10.2. The lowest BCUT2D eigenvalue weighted by molar-refractivity contribution is -0.145. The van der Waals surface area contributed by atoms with Crippen LogP contribution in [0, 0.1) is 5.92 Å². The van der Waals surface area contributed by atoms with Crippen molar-refractivity contribution in [2.24, 2.45) is 5.92 Å². The molecule has 0 fully saturated rings. The number of ether oxygens (including phenoxy) is 1. The van der Waals surface area contributed by atoms with Gasteiger partial charge >= 0.3 is 5.97 Å². The lowest BCUT2D eigenvalue weighted by Gasteiger charge is -2.41. The second-order valence-corrected chi connectivity index (χ2v) is 11.6. The molecule has 3 aliphatic rings. The maximum absolute atomic E-state index is 13.2. The molecule has 5 rings (SSSR count). The number of halogens is 1. The molecule has 2 aliphatic heterocycles. The van der Waals surface area contributed by atoms with Crippen LogP contribution in [0.25, 0.3) is 0 Å². The normalized spacial score (nSPS) is 27.0. The molecule has 1 aliphatic carbocycles. The molecule has 202 valence electrons. The molecule has 2 heterocycles. The summed E-state index contributed by atoms with van der Waals surface area (Å²) in [7, 11) is 1.74. The van der Waals surface area contributed by atoms with Crippen molar-refractivity contribution in [3.8, 4) is 5.75 Å². The Hall–Kier alpha value is -2.99. The SMILES string of the molecule is C[C@H]1C(=O)N(C)C/C=C\CCCCN2C[C@@]3(CCCc4cc(Cl)ccc43)COc3ccc(cc32)[C@H]1C(=O)O. The van der Waals surface area contributed by atoms with Crippen molar-refractivity contribution in [1.29, 1.82) is 0 Å². The number of aliphatic carboxylic acids is 1. The molecule has 1 spiro atoms. The molecular weight excluding hydrogens is 500 g/mol. The zero-order valence-electron chi connectivity index (χ0n) is 22.3. The second-order valence-electron chi connectivity index (χ2n) is 11.2. The van der Waals surface area contributed by atoms with E-state index in [1.54, 1.807) is 18.9 Å². The minimum atomic E-state index is -0.991. The summed E-state index contributed by atoms with van der Waals surface area (Å²) in [5.74, 6) is -2.03. The van der Waals surface area contributed by atoms with Crippen LogP contribution >= 0.6 is 11.6 Å². The number of rotatable bonds is 1. The van der Waals surface area contributed by atoms with Crippen LogP contribution in [0.4, 0.5) is 5.69 Å². The van der Waals surface area contributed by atoms with Crippen molar-refractivity contribution >= 4 is 29.2 Å². The Balaban J connectivity index is 1.58. The number of carboxylic acid groups (broad SMARTS) is 1. The molecule has 7 heteroatoms. The average molecular weight is 537 g/mol. The maximum atomic E-state index is 13.2. The minimum absolute atomic E-state index is 0.168. The van der Waals surface area contributed by atoms with Crippen LogP contribution in [0.15, 0.2) is 48.6 Å². The molecule has 1 N–H and O–H groups in total. The summed E-state index contributed by atoms with van der Waals surface area (Å²) in [6.45, 7) is 4.41. The monoisotopic (exact) mass is 536 g/mol. The quantitative estimate of drug-likeness (QED) is 0.465. The van der Waals surface area contributed by atoms with Gasteiger partial charge in [-0.15, -0.1) is 0 Å². The van der Waals surface area contributed by atoms with Gasteiger partial charge in [-0.25, -0.2) is 0 Å². The Labute approximate surface area is 230 Å². The van der Waals surface area contributed by atoms with Gasteiger partial charge in [-0.3, -0.25) is 9.59 Å². The first-order valence-electron chi connectivity index (χ1n) is 13.7. The highest BCUT2D eigenvalue weighted by Gasteiger charge is 2.42. The molecule has 0 radical (unpaired) electrons. The topological polar surface area (TPSA) is 70.1 Å². The third-order valence-electron chi connectivity index (χ3n) is 8.55. The van der Waals surface area contributed by atoms with E-state index in [-0.39, 0.29) is 11.3 Å². The van der Waals surface area contributed by atoms with Crippen LogP contribution in [0.3, 0.4) is 0 Å². The largest absolute Gasteiger partial charge is 0.490 e. The molecule has 0 unspecified atom stereocenters. The minimum Gasteiger partial charge on any atom is -0.490 e. The molecule has 1 amide bonds. The fourth-order valence-corrected chi connectivity index (χ4v) is 6.70. The first kappa shape index (κ1) is 26.6. The zero-order valence-corrected chi connectivity index (χ0v) is 23.0. The van der Waals surface area contributed by atoms with Crippen LogP contribution < -0.4 is 9.64 Å². The van der Waals surface area contributed by atoms with E-state index in [9.17, 15) is 14.7 Å². The Morgan fingerprint density at radius 1 is 1.13 bits per heavy atom. The van der Waals surface area contributed by atoms with Crippen LogP contribution in [0.5, 0.6) is 5.75 Å². The van der Waals surface area contributed by atoms with E-state index < -0.39 is 17.8 Å². The van der Waals surface area contributed by atoms with Gasteiger partial charge in [0.15, 0.2) is 0 Å². The number of anilines is 1. The zero-order chi connectivity index (χ0) is 26.9. The van der Waals surface area contributed by atoms with Crippen LogP contribution in [0.2, 0.25) is 5.02 Å². The van der Waals surface area contributed by atoms with Crippen LogP contribution in [0.1, 0.15) is 61.6 Å². The number of benzene rings is 2. The van der Waals surface area contributed by atoms with E-state index in [1.807, 2.05) is 30.3 Å². The fraction of sp³-hybridized carbons (Fsp3) is 0.484. The third kappa shape index (κ3) is 5.15. The smallest absolute Gasteiger partial charge is 0.311 e. The number of carbonyl (C=O) groups excluding carboxylic acids is 1. The summed E-state index contributed by atoms with van der Waals surface area (Å²) in [5.41, 5.74) is 4.00. The Kier molecular flexibility index (Phi) is 7.71. The number of carboxylic acids is 1. The van der Waals surface area contributed by atoms with Gasteiger partial charge in [0.1, 0.15) is 5.75 Å². The first-order chi connectivity index (χ1) is 18.3. The number of amides is 1. The molecule has 2 bridgehead atoms. The number of allylic oxidation sites excluding steroid dienone is 1. The van der Waals surface area contributed by atoms with Crippen molar-refractivity contribution in [2.75, 3.05) is 38.2 Å². The van der Waals surface area contributed by atoms with Crippen LogP contribution in [-0.4, -0.2) is 55.2 Å². The van der Waals surface area contributed by atoms with E-state index in [0.29, 0.717) is 18.7 Å². The highest BCUT2D eigenvalue weighted by molar-refractivity contribution is 6.30. The van der Waals surface area contributed by atoms with E-state index in [2.05, 4.69) is 23.1 Å². The summed E-state index contributed by atoms with van der Waals surface area (Å²) in [4.78, 5) is 29.7. The number of likely N-dealkylation sites (N-methyl/N-ethyl adjacent to an activating group) is 1. The molecule has 38 heavy (non-hydrogen) atoms. The van der Waals surface area contributed by atoms with Crippen LogP contribution in [-0.2, 0) is 21.4 Å². The van der Waals surface area contributed by atoms with E-state index in [1.165, 1.54) is 11.1 Å². The Morgan fingerprint density at radius 3 is 2.79 bits per heavy atom. The highest BCUT2D eigenvalue weighted by atomic mass is 35.5. The summed E-state index contributed by atoms with van der Waals surface area (Å²) in [6, 6.07) is 11.9. The number of carbonyl (C=O) groups is 2. The molecule has 3 atom stereocenters. The van der Waals surface area contributed by atoms with Crippen molar-refractivity contribution < 1.29 is 19.4 Å². The number of fused-ring (bicyclic) bond motifs is 3. The van der Waals surface area contributed by atoms with Crippen molar-refractivity contribution in [3.63, 3.8) is 0 Å². The van der Waals surface area contributed by atoms with Gasteiger partial charge in [-0.2, -0.15) is 0 Å². The third-order valence-corrected chi connectivity index (χ3v) is 8.78. The highest BCUT2D eigenvalue weighted by Crippen LogP contribution is 2.45. The Bertz CT molecular complexity index is 1240. The molecule has 0 saturated heterocycles. The van der Waals surface area contributed by atoms with Crippen molar-refractivity contribution in [2.45, 2.75) is 56.8 Å². The molecular formula is C31H37ClN2O4. The average Bonchev–Trinajstić information content (AvgIpc) is 3.04. The summed E-state index contributed by atoms with van der Waals surface area (Å²) in [5, 5.41) is 11.0. The summed E-state index contributed by atoms with van der Waals surface area (Å²) < 4.78 is 6.53. The predicted octanol–water partition coefficient (Wildman–Crippen LogP) is 5.82. The van der Waals surface area contributed by atoms with Gasteiger partial charge in [0.05, 0.1) is 24.1 Å². The van der Waals surface area contributed by atoms with Gasteiger partial charge in [-0.1, -0.05) is 42.8 Å². The van der Waals surface area contributed by atoms with Gasteiger partial charge in [0.2, 0.25) is 5.91 Å². The molecule has 0 saturated carbocycles. The van der Waals surface area contributed by atoms with E-state index >= 15 is 0 Å². The maximum Gasteiger partial charge on any atom is 0.311 e. The molecule has 2 aromatic rings. The number of aryl methyl sites for hydroxylation is 1. The summed E-state index contributed by atoms with van der Waals surface area (Å²) >= 11 is 6.36. The Morgan fingerprint density at radius 2 is 1.97 bits per heavy atom. The molecule has 6 nitrogen and oxygen atoms in total. The lowest BCUT2D eigenvalue weighted by Crippen LogP contribution is -2.46.